The number of hydrogen-bond donors (Lipinski definition) is 12. The van der Waals surface area contributed by atoms with Crippen molar-refractivity contribution in [2.24, 2.45) is 94.7 Å². The van der Waals surface area contributed by atoms with E-state index in [9.17, 15) is 53.2 Å². The van der Waals surface area contributed by atoms with Crippen molar-refractivity contribution in [1.82, 2.24) is 20.9 Å². The smallest absolute Gasteiger partial charge is 0.394 e. The zero-order valence-electron chi connectivity index (χ0n) is 54.9. The molecule has 18 N–H and O–H groups in total. The summed E-state index contributed by atoms with van der Waals surface area (Å²) in [7, 11) is -5.02. The number of allylic oxidation sites excluding steroid dienone is 7. The number of fused-ring (bicyclic) bond motifs is 8. The summed E-state index contributed by atoms with van der Waals surface area (Å²) in [5.74, 6) is -6.93. The van der Waals surface area contributed by atoms with Gasteiger partial charge in [0.2, 0.25) is 35.4 Å². The predicted molar refractivity (Wildman–Crippen MR) is 341 cm³/mol. The van der Waals surface area contributed by atoms with Crippen LogP contribution in [0.15, 0.2) is 72.6 Å². The fourth-order valence-corrected chi connectivity index (χ4v) is 17.3. The molecule has 8 bridgehead atoms. The first-order valence-electron chi connectivity index (χ1n) is 31.2. The number of nitrogens with zero attached hydrogens (tertiary/aromatic N) is 5. The summed E-state index contributed by atoms with van der Waals surface area (Å²) in [6.07, 6.45) is 0.286. The van der Waals surface area contributed by atoms with Crippen LogP contribution < -0.4 is 50.4 Å². The first kappa shape index (κ1) is 75.6. The number of aliphatic hydroxyl groups is 2. The second-order valence-corrected chi connectivity index (χ2v) is 29.1. The summed E-state index contributed by atoms with van der Waals surface area (Å²) in [5.41, 5.74) is 36.0. The molecular weight excluding hydrogens is 1270 g/mol. The number of ether oxygens (including phenoxy) is 1. The molecule has 0 aromatic rings. The molecule has 0 aromatic carbocycles. The van der Waals surface area contributed by atoms with Gasteiger partial charge in [0.05, 0.1) is 55.3 Å². The van der Waals surface area contributed by atoms with Crippen LogP contribution in [0.5, 0.6) is 0 Å². The molecule has 1 aliphatic carbocycles. The largest absolute Gasteiger partial charge is 0.472 e. The predicted octanol–water partition coefficient (Wildman–Crippen LogP) is 1.62. The van der Waals surface area contributed by atoms with Crippen molar-refractivity contribution in [2.45, 2.75) is 201 Å². The SMILES string of the molecule is C#N.CC1=CC2N=CN(C3OC(CO)C(OP(=O)(O)OC(C)CNCC(=O)CC4(C)C5=NC(C4CC(N)=O)C4(C)N=C(/C(C)=C6\N/C(=C\C7N/C(=C\5C)C(CCC(N)=O)C7(C)C)C(CCC(N)=O)C6(C)CC(N)=O)C(CCC(N)=O)C4(C)CC(N)=O)C3O)C2C=C1C.[Co]. The maximum absolute atomic E-state index is 15.0. The number of amides is 6. The van der Waals surface area contributed by atoms with Gasteiger partial charge in [-0.1, -0.05) is 57.9 Å². The van der Waals surface area contributed by atoms with E-state index in [1.165, 1.54) is 13.3 Å². The van der Waals surface area contributed by atoms with Gasteiger partial charge >= 0.3 is 7.82 Å². The minimum atomic E-state index is -5.02. The monoisotopic (exact) mass is 1360 g/mol. The maximum Gasteiger partial charge on any atom is 0.472 e. The number of nitriles is 1. The number of ketones is 1. The van der Waals surface area contributed by atoms with Gasteiger partial charge in [-0.3, -0.25) is 57.6 Å². The van der Waals surface area contributed by atoms with Crippen molar-refractivity contribution in [3.8, 4) is 6.57 Å². The van der Waals surface area contributed by atoms with Crippen LogP contribution in [0, 0.1) is 57.2 Å². The van der Waals surface area contributed by atoms with Crippen molar-refractivity contribution < 1.29 is 83.8 Å². The number of Topliss-reactive ketones (excluding diaryl/α,β-unsaturated/α-hetero) is 1. The Morgan fingerprint density at radius 1 is 0.806 bits per heavy atom. The van der Waals surface area contributed by atoms with Crippen LogP contribution in [0.2, 0.25) is 0 Å². The number of nitrogens with one attached hydrogen (secondary N) is 3. The first-order valence-corrected chi connectivity index (χ1v) is 32.7. The molecule has 0 spiro atoms. The normalized spacial score (nSPS) is 36.8. The van der Waals surface area contributed by atoms with Crippen molar-refractivity contribution in [2.75, 3.05) is 19.7 Å². The van der Waals surface area contributed by atoms with Gasteiger partial charge in [0.25, 0.3) is 0 Å². The Morgan fingerprint density at radius 3 is 1.96 bits per heavy atom. The van der Waals surface area contributed by atoms with E-state index < -0.39 is 143 Å². The van der Waals surface area contributed by atoms with Crippen LogP contribution in [0.3, 0.4) is 0 Å². The van der Waals surface area contributed by atoms with Gasteiger partial charge in [0.1, 0.15) is 24.1 Å². The molecule has 0 aromatic heterocycles. The second kappa shape index (κ2) is 28.9. The number of phosphoric ester groups is 1. The van der Waals surface area contributed by atoms with Crippen LogP contribution in [0.25, 0.3) is 0 Å². The molecule has 515 valence electrons. The molecule has 30 heteroatoms. The quantitative estimate of drug-likeness (QED) is 0.0520. The molecule has 6 amide bonds. The van der Waals surface area contributed by atoms with Crippen molar-refractivity contribution in [3.63, 3.8) is 0 Å². The van der Waals surface area contributed by atoms with Crippen LogP contribution in [0.4, 0.5) is 0 Å². The number of rotatable bonds is 27. The molecule has 18 unspecified atom stereocenters. The van der Waals surface area contributed by atoms with Crippen molar-refractivity contribution in [3.05, 3.63) is 57.6 Å². The molecule has 93 heavy (non-hydrogen) atoms. The fraction of sp³-hybridized carbons (Fsp3) is 0.667. The zero-order valence-corrected chi connectivity index (χ0v) is 56.8. The number of carbonyl (C=O) groups is 7. The third-order valence-electron chi connectivity index (χ3n) is 21.1. The van der Waals surface area contributed by atoms with Gasteiger partial charge in [-0.2, -0.15) is 0 Å². The van der Waals surface area contributed by atoms with E-state index in [0.717, 1.165) is 11.1 Å². The molecule has 7 aliphatic heterocycles. The molecule has 8 rings (SSSR count). The molecule has 7 heterocycles. The maximum atomic E-state index is 15.0. The number of hydrogen-bond acceptors (Lipinski definition) is 21. The first-order chi connectivity index (χ1) is 42.8. The van der Waals surface area contributed by atoms with Gasteiger partial charge in [-0.15, -0.1) is 0 Å². The molecule has 3 fully saturated rings. The Hall–Kier alpha value is -6.45. The van der Waals surface area contributed by atoms with E-state index in [4.69, 9.17) is 63.4 Å². The number of primary amides is 6. The summed E-state index contributed by atoms with van der Waals surface area (Å²) in [4.78, 5) is 123. The molecule has 18 atom stereocenters. The minimum absolute atomic E-state index is 0. The number of phosphoric acid groups is 1. The summed E-state index contributed by atoms with van der Waals surface area (Å²) in [5, 5.41) is 38.8. The molecule has 1 radical (unpaired) electrons. The Balaban J connectivity index is 0.00000453. The summed E-state index contributed by atoms with van der Waals surface area (Å²) in [6.45, 7) is 22.8. The van der Waals surface area contributed by atoms with E-state index in [2.05, 4.69) is 27.5 Å². The summed E-state index contributed by atoms with van der Waals surface area (Å²) >= 11 is 0. The molecule has 8 aliphatic rings. The number of aliphatic imine (C=N–C) groups is 3. The molecular formula is C63H95CoN14O14P. The van der Waals surface area contributed by atoms with Crippen molar-refractivity contribution >= 4 is 66.8 Å². The number of carbonyl (C=O) groups excluding carboxylic acids is 7. The van der Waals surface area contributed by atoms with E-state index >= 15 is 0 Å². The third kappa shape index (κ3) is 14.8. The third-order valence-corrected chi connectivity index (χ3v) is 22.3. The number of nitrogens with two attached hydrogens (primary N) is 6. The molecule has 0 saturated carbocycles. The van der Waals surface area contributed by atoms with E-state index in [1.807, 2.05) is 87.5 Å². The van der Waals surface area contributed by atoms with Crippen LogP contribution in [-0.4, -0.2) is 159 Å². The molecule has 28 nitrogen and oxygen atoms in total. The van der Waals surface area contributed by atoms with Gasteiger partial charge in [-0.05, 0) is 83.4 Å². The fourth-order valence-electron chi connectivity index (χ4n) is 16.2. The van der Waals surface area contributed by atoms with Crippen LogP contribution in [0.1, 0.15) is 140 Å². The Kier molecular flexibility index (Phi) is 23.5. The minimum Gasteiger partial charge on any atom is -0.394 e. The summed E-state index contributed by atoms with van der Waals surface area (Å²) in [6, 6.07) is -2.16. The van der Waals surface area contributed by atoms with Gasteiger partial charge in [-0.25, -0.2) is 9.83 Å². The molecule has 3 saturated heterocycles. The topological polar surface area (TPSA) is 481 Å². The standard InChI is InChI=1S/C62H94N13O14P.CHN.Co/c1-29-18-40-41(19-30(29)2)75(28-70-40)57-52(84)53(42(27-76)87-57)89-90(85,86)88-31(3)25-69-26-34(77)22-59(8)38(20-47(66)81)56-62(11)61(10,24-49(68)83)37(14-17-46(65)80)51(74-62)33(5)54-60(9,23-48(67)82)35(12-15-44(63)78)39(71-54)21-43-58(6,7)36(13-16-45(64)79)50(72-43)32(4)55(59)73-56;1-2;/h18-19,21,28,31,35-38,40-43,52-53,56-57,69,71-72,76,84H,12-17,20,22-27H2,1-11H3,(H2,63,78)(H2,64,79)(H2,65,80)(H2,66,81)(H2,67,82)(H2,68,83)(H,85,86);1H;/b39-21-,50-32-,54-33-;;. The Morgan fingerprint density at radius 2 is 1.39 bits per heavy atom. The van der Waals surface area contributed by atoms with Crippen LogP contribution in [-0.2, 0) is 68.7 Å². The van der Waals surface area contributed by atoms with E-state index in [-0.39, 0.29) is 112 Å². The van der Waals surface area contributed by atoms with E-state index in [0.29, 0.717) is 39.7 Å². The Labute approximate surface area is 553 Å². The average Bonchev–Trinajstić information content (AvgIpc) is 1.53. The number of aliphatic hydroxyl groups excluding tert-OH is 2. The van der Waals surface area contributed by atoms with Crippen molar-refractivity contribution in [1.29, 1.82) is 5.26 Å². The van der Waals surface area contributed by atoms with E-state index in [1.54, 1.807) is 4.90 Å². The van der Waals surface area contributed by atoms with Crippen LogP contribution >= 0.6 is 7.82 Å². The average molecular weight is 1360 g/mol. The summed E-state index contributed by atoms with van der Waals surface area (Å²) < 4.78 is 30.8. The zero-order chi connectivity index (χ0) is 68.7. The van der Waals surface area contributed by atoms with Gasteiger partial charge in [0.15, 0.2) is 6.23 Å². The Bertz CT molecular complexity index is 3330. The van der Waals surface area contributed by atoms with Gasteiger partial charge in [0, 0.05) is 143 Å². The second-order valence-electron chi connectivity index (χ2n) is 27.7. The van der Waals surface area contributed by atoms with Gasteiger partial charge < -0.3 is 75.1 Å².